The molecule has 0 N–H and O–H groups in total. The first-order chi connectivity index (χ1) is 30.1. The molecule has 1 nitrogen and oxygen atoms in total. The van der Waals surface area contributed by atoms with Crippen LogP contribution in [0, 0.1) is 30.6 Å². The van der Waals surface area contributed by atoms with Gasteiger partial charge < -0.3 is 4.90 Å². The Hall–Kier alpha value is -6.44. The summed E-state index contributed by atoms with van der Waals surface area (Å²) in [6.07, 6.45) is 7.24. The lowest BCUT2D eigenvalue weighted by Crippen LogP contribution is -2.43. The maximum Gasteiger partial charge on any atom is 0.0714 e. The topological polar surface area (TPSA) is 3.24 Å². The van der Waals surface area contributed by atoms with E-state index in [4.69, 9.17) is 0 Å². The molecule has 8 aromatic carbocycles. The molecular weight excluding hydrogens is 735 g/mol. The third-order valence-electron chi connectivity index (χ3n) is 15.2. The second kappa shape index (κ2) is 14.6. The third kappa shape index (κ3) is 5.88. The number of rotatable bonds is 8. The van der Waals surface area contributed by atoms with Crippen molar-refractivity contribution in [3.63, 3.8) is 0 Å². The number of hydrogen-bond acceptors (Lipinski definition) is 1. The van der Waals surface area contributed by atoms with Gasteiger partial charge in [0.15, 0.2) is 0 Å². The fourth-order valence-electron chi connectivity index (χ4n) is 13.0. The van der Waals surface area contributed by atoms with E-state index >= 15 is 0 Å². The van der Waals surface area contributed by atoms with Crippen molar-refractivity contribution >= 4 is 17.1 Å². The molecule has 61 heavy (non-hydrogen) atoms. The Kier molecular flexibility index (Phi) is 8.73. The minimum atomic E-state index is -0.477. The minimum Gasteiger partial charge on any atom is -0.310 e. The summed E-state index contributed by atoms with van der Waals surface area (Å²) in [5.74, 6) is 4.37. The van der Waals surface area contributed by atoms with Crippen molar-refractivity contribution in [1.82, 2.24) is 0 Å². The fourth-order valence-corrected chi connectivity index (χ4v) is 13.0. The quantitative estimate of drug-likeness (QED) is 0.148. The second-order valence-electron chi connectivity index (χ2n) is 18.6. The average Bonchev–Trinajstić information content (AvgIpc) is 3.62. The Morgan fingerprint density at radius 2 is 0.918 bits per heavy atom. The first kappa shape index (κ1) is 36.4. The second-order valence-corrected chi connectivity index (χ2v) is 18.6. The molecule has 0 aromatic heterocycles. The normalized spacial score (nSPS) is 21.5. The lowest BCUT2D eigenvalue weighted by Gasteiger charge is -2.54. The van der Waals surface area contributed by atoms with Gasteiger partial charge in [-0.3, -0.25) is 0 Å². The molecule has 0 atom stereocenters. The van der Waals surface area contributed by atoms with E-state index in [9.17, 15) is 0 Å². The highest BCUT2D eigenvalue weighted by Crippen LogP contribution is 2.61. The molecule has 0 amide bonds. The van der Waals surface area contributed by atoms with Gasteiger partial charge in [-0.2, -0.15) is 0 Å². The summed E-state index contributed by atoms with van der Waals surface area (Å²) in [4.78, 5) is 2.50. The fraction of sp³-hybridized carbons (Fsp3) is 0.200. The monoisotopic (exact) mass is 785 g/mol. The summed E-state index contributed by atoms with van der Waals surface area (Å²) in [7, 11) is 0. The van der Waals surface area contributed by atoms with E-state index in [0.29, 0.717) is 5.92 Å². The number of benzene rings is 8. The molecule has 5 aliphatic rings. The summed E-state index contributed by atoms with van der Waals surface area (Å²) in [6.45, 7) is 2.28. The first-order valence-corrected chi connectivity index (χ1v) is 22.6. The lowest BCUT2D eigenvalue weighted by molar-refractivity contribution is -0.00277. The van der Waals surface area contributed by atoms with Gasteiger partial charge in [0.05, 0.1) is 5.41 Å². The average molecular weight is 786 g/mol. The lowest BCUT2D eigenvalue weighted by atomic mass is 9.51. The van der Waals surface area contributed by atoms with Crippen LogP contribution in [0.5, 0.6) is 0 Å². The molecule has 0 heterocycles. The zero-order valence-electron chi connectivity index (χ0n) is 34.9. The van der Waals surface area contributed by atoms with E-state index < -0.39 is 5.41 Å². The SMILES string of the molecule is Cc1cccc2c1-c1ccc(N(c3ccc(-c4ccccc4-c4ccccc4)cc3)c3ccc(C4C5CC6CC(C5)CC4C6)cc3)cc1C2(c1ccccc1)c1ccccc1. The van der Waals surface area contributed by atoms with Crippen LogP contribution in [0.2, 0.25) is 0 Å². The van der Waals surface area contributed by atoms with Gasteiger partial charge >= 0.3 is 0 Å². The molecule has 0 unspecified atom stereocenters. The van der Waals surface area contributed by atoms with Gasteiger partial charge in [0, 0.05) is 17.1 Å². The molecule has 0 saturated heterocycles. The van der Waals surface area contributed by atoms with E-state index in [1.165, 1.54) is 105 Å². The number of fused-ring (bicyclic) bond motifs is 3. The standard InChI is InChI=1S/C60H51N/c1-40-14-13-23-56-58(40)55-33-32-52(39-57(55)60(56,48-17-7-3-8-18-48)49-19-9-4-10-20-49)61(51-30-26-45(27-31-51)59-46-35-41-34-42(37-46)38-47(59)36-41)50-28-24-44(25-29-50)54-22-12-11-21-53(54)43-15-5-2-6-16-43/h2-33,39,41-42,46-47,59H,34-38H2,1H3. The molecule has 4 fully saturated rings. The predicted octanol–water partition coefficient (Wildman–Crippen LogP) is 15.7. The zero-order chi connectivity index (χ0) is 40.5. The molecule has 0 radical (unpaired) electrons. The van der Waals surface area contributed by atoms with Gasteiger partial charge in [-0.15, -0.1) is 0 Å². The Morgan fingerprint density at radius 3 is 1.51 bits per heavy atom. The van der Waals surface area contributed by atoms with Crippen LogP contribution in [0.1, 0.15) is 71.4 Å². The molecule has 0 aliphatic heterocycles. The van der Waals surface area contributed by atoms with Crippen LogP contribution in [0.3, 0.4) is 0 Å². The van der Waals surface area contributed by atoms with Gasteiger partial charge in [0.1, 0.15) is 0 Å². The Balaban J connectivity index is 1.02. The largest absolute Gasteiger partial charge is 0.310 e. The molecule has 0 spiro atoms. The summed E-state index contributed by atoms with van der Waals surface area (Å²) >= 11 is 0. The Labute approximate surface area is 361 Å². The number of hydrogen-bond donors (Lipinski definition) is 0. The highest BCUT2D eigenvalue weighted by Gasteiger charge is 2.49. The number of anilines is 3. The van der Waals surface area contributed by atoms with Gasteiger partial charge in [0.25, 0.3) is 0 Å². The molecule has 8 aromatic rings. The van der Waals surface area contributed by atoms with Crippen LogP contribution in [-0.4, -0.2) is 0 Å². The van der Waals surface area contributed by atoms with Crippen molar-refractivity contribution in [3.05, 3.63) is 234 Å². The minimum absolute atomic E-state index is 0.477. The van der Waals surface area contributed by atoms with Crippen molar-refractivity contribution < 1.29 is 0 Å². The smallest absolute Gasteiger partial charge is 0.0714 e. The zero-order valence-corrected chi connectivity index (χ0v) is 34.9. The highest BCUT2D eigenvalue weighted by molar-refractivity contribution is 5.91. The Morgan fingerprint density at radius 1 is 0.410 bits per heavy atom. The van der Waals surface area contributed by atoms with Gasteiger partial charge in [-0.05, 0) is 172 Å². The van der Waals surface area contributed by atoms with Crippen LogP contribution in [-0.2, 0) is 5.41 Å². The number of aryl methyl sites for hydroxylation is 1. The van der Waals surface area contributed by atoms with Crippen molar-refractivity contribution in [3.8, 4) is 33.4 Å². The van der Waals surface area contributed by atoms with Crippen LogP contribution in [0.15, 0.2) is 200 Å². The van der Waals surface area contributed by atoms with E-state index in [1.54, 1.807) is 5.56 Å². The van der Waals surface area contributed by atoms with E-state index in [1.807, 2.05) is 0 Å². The molecule has 296 valence electrons. The molecule has 13 rings (SSSR count). The summed E-state index contributed by atoms with van der Waals surface area (Å²) in [5.41, 5.74) is 18.8. The molecule has 4 bridgehead atoms. The van der Waals surface area contributed by atoms with Gasteiger partial charge in [-0.1, -0.05) is 164 Å². The molecule has 4 saturated carbocycles. The van der Waals surface area contributed by atoms with Crippen molar-refractivity contribution in [2.24, 2.45) is 23.7 Å². The summed E-state index contributed by atoms with van der Waals surface area (Å²) in [5, 5.41) is 0. The summed E-state index contributed by atoms with van der Waals surface area (Å²) in [6, 6.07) is 75.3. The van der Waals surface area contributed by atoms with Crippen molar-refractivity contribution in [1.29, 1.82) is 0 Å². The number of nitrogens with zero attached hydrogens (tertiary/aromatic N) is 1. The van der Waals surface area contributed by atoms with Gasteiger partial charge in [-0.25, -0.2) is 0 Å². The molecule has 5 aliphatic carbocycles. The van der Waals surface area contributed by atoms with E-state index in [-0.39, 0.29) is 0 Å². The van der Waals surface area contributed by atoms with Crippen LogP contribution in [0.25, 0.3) is 33.4 Å². The first-order valence-electron chi connectivity index (χ1n) is 22.6. The van der Waals surface area contributed by atoms with Crippen molar-refractivity contribution in [2.45, 2.75) is 50.4 Å². The van der Waals surface area contributed by atoms with Crippen LogP contribution in [0.4, 0.5) is 17.1 Å². The van der Waals surface area contributed by atoms with Crippen LogP contribution < -0.4 is 4.90 Å². The maximum atomic E-state index is 2.51. The predicted molar refractivity (Wildman–Crippen MR) is 254 cm³/mol. The van der Waals surface area contributed by atoms with Crippen molar-refractivity contribution in [2.75, 3.05) is 4.90 Å². The third-order valence-corrected chi connectivity index (χ3v) is 15.2. The van der Waals surface area contributed by atoms with Crippen LogP contribution >= 0.6 is 0 Å². The maximum absolute atomic E-state index is 2.51. The molecular formula is C60H51N. The van der Waals surface area contributed by atoms with E-state index in [2.05, 4.69) is 212 Å². The van der Waals surface area contributed by atoms with Gasteiger partial charge in [0.2, 0.25) is 0 Å². The summed E-state index contributed by atoms with van der Waals surface area (Å²) < 4.78 is 0. The highest BCUT2D eigenvalue weighted by atomic mass is 15.1. The van der Waals surface area contributed by atoms with E-state index in [0.717, 1.165) is 29.4 Å². The molecule has 1 heteroatoms. The Bertz CT molecular complexity index is 2790.